The topological polar surface area (TPSA) is 25.8 Å². The summed E-state index contributed by atoms with van der Waals surface area (Å²) in [5.41, 5.74) is 1.42. The summed E-state index contributed by atoms with van der Waals surface area (Å²) in [6.07, 6.45) is 6.05. The van der Waals surface area contributed by atoms with E-state index < -0.39 is 0 Å². The van der Waals surface area contributed by atoms with Crippen LogP contribution in [0.1, 0.15) is 49.4 Å². The summed E-state index contributed by atoms with van der Waals surface area (Å²) >= 11 is 10.2. The number of rotatable bonds is 4. The Morgan fingerprint density at radius 2 is 2.10 bits per heavy atom. The summed E-state index contributed by atoms with van der Waals surface area (Å²) in [4.78, 5) is 11.9. The number of thioether (sulfide) groups is 1. The molecule has 2 nitrogen and oxygen atoms in total. The molecule has 0 aromatic carbocycles. The van der Waals surface area contributed by atoms with Gasteiger partial charge in [-0.2, -0.15) is 11.8 Å². The quantitative estimate of drug-likeness (QED) is 0.717. The molecule has 1 aliphatic rings. The maximum absolute atomic E-state index is 6.44. The Kier molecular flexibility index (Phi) is 4.53. The Morgan fingerprint density at radius 1 is 1.30 bits per heavy atom. The third kappa shape index (κ3) is 2.83. The van der Waals surface area contributed by atoms with E-state index in [1.54, 1.807) is 0 Å². The van der Waals surface area contributed by atoms with Crippen molar-refractivity contribution in [1.29, 1.82) is 0 Å². The summed E-state index contributed by atoms with van der Waals surface area (Å²) in [5, 5.41) is 2.43. The second-order valence-corrected chi connectivity index (χ2v) is 8.22. The molecule has 0 radical (unpaired) electrons. The molecule has 0 spiro atoms. The van der Waals surface area contributed by atoms with Gasteiger partial charge in [-0.05, 0) is 37.7 Å². The van der Waals surface area contributed by atoms with Crippen molar-refractivity contribution in [1.82, 2.24) is 9.97 Å². The van der Waals surface area contributed by atoms with Crippen LogP contribution < -0.4 is 0 Å². The van der Waals surface area contributed by atoms with E-state index >= 15 is 0 Å². The second kappa shape index (κ2) is 6.20. The molecule has 0 bridgehead atoms. The number of thiophene rings is 1. The molecule has 20 heavy (non-hydrogen) atoms. The van der Waals surface area contributed by atoms with Gasteiger partial charge in [-0.1, -0.05) is 25.4 Å². The van der Waals surface area contributed by atoms with Crippen molar-refractivity contribution in [2.24, 2.45) is 0 Å². The largest absolute Gasteiger partial charge is 0.221 e. The lowest BCUT2D eigenvalue weighted by atomic mass is 9.97. The minimum absolute atomic E-state index is 0.643. The van der Waals surface area contributed by atoms with E-state index in [2.05, 4.69) is 18.8 Å². The van der Waals surface area contributed by atoms with Gasteiger partial charge in [0.25, 0.3) is 0 Å². The predicted molar refractivity (Wildman–Crippen MR) is 90.1 cm³/mol. The van der Waals surface area contributed by atoms with E-state index in [0.29, 0.717) is 10.4 Å². The van der Waals surface area contributed by atoms with Crippen molar-refractivity contribution in [3.63, 3.8) is 0 Å². The highest BCUT2D eigenvalue weighted by Crippen LogP contribution is 2.38. The maximum atomic E-state index is 6.44. The zero-order chi connectivity index (χ0) is 14.1. The molecule has 2 heterocycles. The molecule has 1 aliphatic carbocycles. The van der Waals surface area contributed by atoms with Gasteiger partial charge in [-0.3, -0.25) is 0 Å². The molecule has 108 valence electrons. The average molecular weight is 327 g/mol. The van der Waals surface area contributed by atoms with Crippen LogP contribution in [0.5, 0.6) is 0 Å². The lowest BCUT2D eigenvalue weighted by molar-refractivity contribution is 0.700. The van der Waals surface area contributed by atoms with E-state index in [4.69, 9.17) is 16.6 Å². The van der Waals surface area contributed by atoms with Gasteiger partial charge in [0.15, 0.2) is 0 Å². The predicted octanol–water partition coefficient (Wildman–Crippen LogP) is 5.26. The van der Waals surface area contributed by atoms with E-state index in [0.717, 1.165) is 28.2 Å². The van der Waals surface area contributed by atoms with Gasteiger partial charge in [0.1, 0.15) is 15.8 Å². The van der Waals surface area contributed by atoms with Gasteiger partial charge in [-0.25, -0.2) is 9.97 Å². The van der Waals surface area contributed by atoms with E-state index in [-0.39, 0.29) is 0 Å². The molecule has 1 unspecified atom stereocenters. The number of fused-ring (bicyclic) bond motifs is 3. The molecule has 0 N–H and O–H groups in total. The van der Waals surface area contributed by atoms with Gasteiger partial charge in [-0.15, -0.1) is 11.3 Å². The molecule has 5 heteroatoms. The third-order valence-electron chi connectivity index (χ3n) is 3.89. The third-order valence-corrected chi connectivity index (χ3v) is 6.68. The summed E-state index contributed by atoms with van der Waals surface area (Å²) < 4.78 is 0. The van der Waals surface area contributed by atoms with Crippen LogP contribution in [0, 0.1) is 0 Å². The number of aromatic nitrogens is 2. The monoisotopic (exact) mass is 326 g/mol. The van der Waals surface area contributed by atoms with Gasteiger partial charge in [0.05, 0.1) is 11.1 Å². The molecule has 0 saturated heterocycles. The molecule has 0 aliphatic heterocycles. The highest BCUT2D eigenvalue weighted by molar-refractivity contribution is 7.99. The molecule has 2 aromatic rings. The van der Waals surface area contributed by atoms with Crippen LogP contribution in [0.25, 0.3) is 10.2 Å². The number of halogens is 1. The SMILES string of the molecule is CCC(C)SCc1nc(Cl)c2c3c(sc2n1)CCCC3. The zero-order valence-corrected chi connectivity index (χ0v) is 14.3. The number of hydrogen-bond donors (Lipinski definition) is 0. The van der Waals surface area contributed by atoms with Crippen LogP contribution in [0.3, 0.4) is 0 Å². The fourth-order valence-corrected chi connectivity index (χ4v) is 4.99. The van der Waals surface area contributed by atoms with Crippen LogP contribution in [0.15, 0.2) is 0 Å². The zero-order valence-electron chi connectivity index (χ0n) is 11.9. The van der Waals surface area contributed by atoms with Crippen molar-refractivity contribution in [2.75, 3.05) is 0 Å². The van der Waals surface area contributed by atoms with Crippen molar-refractivity contribution in [3.05, 3.63) is 21.4 Å². The first kappa shape index (κ1) is 14.6. The fraction of sp³-hybridized carbons (Fsp3) is 0.600. The van der Waals surface area contributed by atoms with Crippen molar-refractivity contribution in [2.45, 2.75) is 57.0 Å². The Balaban J connectivity index is 1.93. The Labute approximate surface area is 133 Å². The first-order chi connectivity index (χ1) is 9.69. The molecular formula is C15H19ClN2S2. The van der Waals surface area contributed by atoms with Crippen LogP contribution >= 0.6 is 34.7 Å². The summed E-state index contributed by atoms with van der Waals surface area (Å²) in [5.74, 6) is 1.74. The fourth-order valence-electron chi connectivity index (χ4n) is 2.55. The van der Waals surface area contributed by atoms with Gasteiger partial charge in [0, 0.05) is 10.1 Å². The highest BCUT2D eigenvalue weighted by atomic mass is 35.5. The lowest BCUT2D eigenvalue weighted by Gasteiger charge is -2.10. The van der Waals surface area contributed by atoms with Gasteiger partial charge < -0.3 is 0 Å². The number of hydrogen-bond acceptors (Lipinski definition) is 4. The van der Waals surface area contributed by atoms with Gasteiger partial charge in [0.2, 0.25) is 0 Å². The highest BCUT2D eigenvalue weighted by Gasteiger charge is 2.20. The standard InChI is InChI=1S/C15H19ClN2S2/c1-3-9(2)19-8-12-17-14(16)13-10-6-4-5-7-11(10)20-15(13)18-12/h9H,3-8H2,1-2H3. The van der Waals surface area contributed by atoms with E-state index in [1.165, 1.54) is 36.1 Å². The molecular weight excluding hydrogens is 308 g/mol. The lowest BCUT2D eigenvalue weighted by Crippen LogP contribution is -2.00. The van der Waals surface area contributed by atoms with Crippen molar-refractivity contribution >= 4 is 44.9 Å². The minimum atomic E-state index is 0.643. The summed E-state index contributed by atoms with van der Waals surface area (Å²) in [6.45, 7) is 4.46. The Bertz CT molecular complexity index is 624. The van der Waals surface area contributed by atoms with Crippen molar-refractivity contribution < 1.29 is 0 Å². The first-order valence-corrected chi connectivity index (χ1v) is 9.51. The Hall–Kier alpha value is -0.320. The molecule has 3 rings (SSSR count). The number of nitrogens with zero attached hydrogens (tertiary/aromatic N) is 2. The first-order valence-electron chi connectivity index (χ1n) is 7.27. The smallest absolute Gasteiger partial charge is 0.141 e. The minimum Gasteiger partial charge on any atom is -0.221 e. The molecule has 0 saturated carbocycles. The number of aryl methyl sites for hydroxylation is 2. The maximum Gasteiger partial charge on any atom is 0.141 e. The summed E-state index contributed by atoms with van der Waals surface area (Å²) in [7, 11) is 0. The van der Waals surface area contributed by atoms with Crippen LogP contribution in [-0.2, 0) is 18.6 Å². The van der Waals surface area contributed by atoms with Gasteiger partial charge >= 0.3 is 0 Å². The molecule has 0 fully saturated rings. The Morgan fingerprint density at radius 3 is 2.90 bits per heavy atom. The van der Waals surface area contributed by atoms with E-state index in [1.807, 2.05) is 23.1 Å². The van der Waals surface area contributed by atoms with Crippen LogP contribution in [-0.4, -0.2) is 15.2 Å². The molecule has 0 amide bonds. The second-order valence-electron chi connectivity index (χ2n) is 5.35. The van der Waals surface area contributed by atoms with E-state index in [9.17, 15) is 0 Å². The molecule has 2 aromatic heterocycles. The average Bonchev–Trinajstić information content (AvgIpc) is 2.83. The van der Waals surface area contributed by atoms with Crippen molar-refractivity contribution in [3.8, 4) is 0 Å². The molecule has 1 atom stereocenters. The normalized spacial score (nSPS) is 16.4. The summed E-state index contributed by atoms with van der Waals surface area (Å²) in [6, 6.07) is 0. The van der Waals surface area contributed by atoms with Crippen LogP contribution in [0.4, 0.5) is 0 Å². The van der Waals surface area contributed by atoms with Crippen LogP contribution in [0.2, 0.25) is 5.15 Å².